The SMILES string of the molecule is CC=C(C)C(=O)C(=O)OC. The van der Waals surface area contributed by atoms with Crippen LogP contribution in [0.3, 0.4) is 0 Å². The van der Waals surface area contributed by atoms with Gasteiger partial charge in [0.25, 0.3) is 5.78 Å². The minimum Gasteiger partial charge on any atom is -0.463 e. The summed E-state index contributed by atoms with van der Waals surface area (Å²) in [5, 5.41) is 0. The van der Waals surface area contributed by atoms with Crippen molar-refractivity contribution in [1.29, 1.82) is 0 Å². The molecule has 0 fully saturated rings. The number of ether oxygens (including phenoxy) is 1. The van der Waals surface area contributed by atoms with Crippen LogP contribution in [-0.2, 0) is 14.3 Å². The molecular formula is C7H10O3. The van der Waals surface area contributed by atoms with Crippen molar-refractivity contribution in [3.8, 4) is 0 Å². The summed E-state index contributed by atoms with van der Waals surface area (Å²) in [5.74, 6) is -1.39. The normalized spacial score (nSPS) is 10.9. The van der Waals surface area contributed by atoms with Gasteiger partial charge in [-0.15, -0.1) is 0 Å². The van der Waals surface area contributed by atoms with E-state index in [9.17, 15) is 9.59 Å². The van der Waals surface area contributed by atoms with Gasteiger partial charge >= 0.3 is 5.97 Å². The lowest BCUT2D eigenvalue weighted by atomic mass is 10.2. The fourth-order valence-electron chi connectivity index (χ4n) is 0.385. The van der Waals surface area contributed by atoms with E-state index in [1.54, 1.807) is 19.9 Å². The van der Waals surface area contributed by atoms with Gasteiger partial charge in [-0.05, 0) is 19.4 Å². The molecule has 0 rings (SSSR count). The van der Waals surface area contributed by atoms with Gasteiger partial charge in [-0.25, -0.2) is 4.79 Å². The second kappa shape index (κ2) is 3.82. The molecule has 0 aromatic rings. The molecule has 0 aromatic carbocycles. The summed E-state index contributed by atoms with van der Waals surface area (Å²) < 4.78 is 4.21. The Morgan fingerprint density at radius 2 is 1.90 bits per heavy atom. The first-order valence-corrected chi connectivity index (χ1v) is 2.89. The van der Waals surface area contributed by atoms with Crippen molar-refractivity contribution in [2.75, 3.05) is 7.11 Å². The van der Waals surface area contributed by atoms with E-state index in [0.717, 1.165) is 0 Å². The Kier molecular flexibility index (Phi) is 3.39. The number of hydrogen-bond donors (Lipinski definition) is 0. The van der Waals surface area contributed by atoms with Crippen LogP contribution in [0.5, 0.6) is 0 Å². The van der Waals surface area contributed by atoms with E-state index in [-0.39, 0.29) is 0 Å². The van der Waals surface area contributed by atoms with Crippen LogP contribution in [0.25, 0.3) is 0 Å². The maximum atomic E-state index is 10.8. The monoisotopic (exact) mass is 142 g/mol. The quantitative estimate of drug-likeness (QED) is 0.324. The van der Waals surface area contributed by atoms with Crippen molar-refractivity contribution in [2.24, 2.45) is 0 Å². The van der Waals surface area contributed by atoms with Crippen LogP contribution in [0.2, 0.25) is 0 Å². The van der Waals surface area contributed by atoms with Gasteiger partial charge in [0.15, 0.2) is 0 Å². The number of allylic oxidation sites excluding steroid dienone is 1. The summed E-state index contributed by atoms with van der Waals surface area (Å²) in [7, 11) is 1.18. The molecule has 3 heteroatoms. The Balaban J connectivity index is 4.23. The molecule has 0 saturated heterocycles. The van der Waals surface area contributed by atoms with Crippen molar-refractivity contribution in [2.45, 2.75) is 13.8 Å². The maximum absolute atomic E-state index is 10.8. The highest BCUT2D eigenvalue weighted by Gasteiger charge is 2.14. The number of rotatable bonds is 2. The highest BCUT2D eigenvalue weighted by molar-refractivity contribution is 6.40. The molecule has 0 aliphatic heterocycles. The van der Waals surface area contributed by atoms with E-state index in [1.165, 1.54) is 7.11 Å². The van der Waals surface area contributed by atoms with Gasteiger partial charge in [-0.3, -0.25) is 4.79 Å². The van der Waals surface area contributed by atoms with E-state index < -0.39 is 11.8 Å². The number of ketones is 1. The first kappa shape index (κ1) is 8.88. The molecule has 0 aliphatic carbocycles. The van der Waals surface area contributed by atoms with Crippen molar-refractivity contribution in [3.63, 3.8) is 0 Å². The zero-order valence-corrected chi connectivity index (χ0v) is 6.30. The third-order valence-electron chi connectivity index (χ3n) is 1.16. The van der Waals surface area contributed by atoms with E-state index in [4.69, 9.17) is 0 Å². The van der Waals surface area contributed by atoms with Gasteiger partial charge in [0, 0.05) is 0 Å². The van der Waals surface area contributed by atoms with E-state index >= 15 is 0 Å². The molecule has 0 atom stereocenters. The Morgan fingerprint density at radius 1 is 1.40 bits per heavy atom. The number of esters is 1. The summed E-state index contributed by atoms with van der Waals surface area (Å²) in [5.41, 5.74) is 0.409. The minimum atomic E-state index is -0.810. The number of methoxy groups -OCH3 is 1. The first-order chi connectivity index (χ1) is 4.63. The Hall–Kier alpha value is -1.12. The molecule has 0 radical (unpaired) electrons. The van der Waals surface area contributed by atoms with Gasteiger partial charge in [0.1, 0.15) is 0 Å². The lowest BCUT2D eigenvalue weighted by molar-refractivity contribution is -0.149. The Bertz CT molecular complexity index is 179. The molecule has 0 bridgehead atoms. The van der Waals surface area contributed by atoms with Gasteiger partial charge in [-0.1, -0.05) is 6.08 Å². The second-order valence-electron chi connectivity index (χ2n) is 1.79. The first-order valence-electron chi connectivity index (χ1n) is 2.89. The molecule has 10 heavy (non-hydrogen) atoms. The van der Waals surface area contributed by atoms with Crippen LogP contribution in [0, 0.1) is 0 Å². The van der Waals surface area contributed by atoms with E-state index in [2.05, 4.69) is 4.74 Å². The fraction of sp³-hybridized carbons (Fsp3) is 0.429. The highest BCUT2D eigenvalue weighted by Crippen LogP contribution is 1.94. The van der Waals surface area contributed by atoms with Gasteiger partial charge < -0.3 is 4.74 Å². The van der Waals surface area contributed by atoms with Crippen LogP contribution in [0.1, 0.15) is 13.8 Å². The molecule has 0 N–H and O–H groups in total. The van der Waals surface area contributed by atoms with Crippen molar-refractivity contribution in [1.82, 2.24) is 0 Å². The van der Waals surface area contributed by atoms with Crippen molar-refractivity contribution >= 4 is 11.8 Å². The molecule has 0 amide bonds. The zero-order valence-electron chi connectivity index (χ0n) is 6.30. The lowest BCUT2D eigenvalue weighted by Crippen LogP contribution is -2.15. The summed E-state index contributed by atoms with van der Waals surface area (Å²) >= 11 is 0. The molecule has 56 valence electrons. The molecule has 0 saturated carbocycles. The Morgan fingerprint density at radius 3 is 2.20 bits per heavy atom. The molecule has 3 nitrogen and oxygen atoms in total. The predicted octanol–water partition coefficient (Wildman–Crippen LogP) is 0.695. The number of Topliss-reactive ketones (excluding diaryl/α,β-unsaturated/α-hetero) is 1. The zero-order chi connectivity index (χ0) is 8.15. The van der Waals surface area contributed by atoms with Crippen LogP contribution < -0.4 is 0 Å². The van der Waals surface area contributed by atoms with Crippen LogP contribution in [-0.4, -0.2) is 18.9 Å². The van der Waals surface area contributed by atoms with E-state index in [0.29, 0.717) is 5.57 Å². The fourth-order valence-corrected chi connectivity index (χ4v) is 0.385. The van der Waals surface area contributed by atoms with Crippen molar-refractivity contribution < 1.29 is 14.3 Å². The smallest absolute Gasteiger partial charge is 0.379 e. The molecular weight excluding hydrogens is 132 g/mol. The topological polar surface area (TPSA) is 43.4 Å². The molecule has 0 spiro atoms. The van der Waals surface area contributed by atoms with Crippen LogP contribution >= 0.6 is 0 Å². The molecule has 0 heterocycles. The summed E-state index contributed by atoms with van der Waals surface area (Å²) in [6.07, 6.45) is 1.57. The average Bonchev–Trinajstić information content (AvgIpc) is 2.00. The summed E-state index contributed by atoms with van der Waals surface area (Å²) in [6.45, 7) is 3.26. The third-order valence-corrected chi connectivity index (χ3v) is 1.16. The average molecular weight is 142 g/mol. The summed E-state index contributed by atoms with van der Waals surface area (Å²) in [6, 6.07) is 0. The number of hydrogen-bond acceptors (Lipinski definition) is 3. The number of carbonyl (C=O) groups is 2. The van der Waals surface area contributed by atoms with Gasteiger partial charge in [-0.2, -0.15) is 0 Å². The second-order valence-corrected chi connectivity index (χ2v) is 1.79. The standard InChI is InChI=1S/C7H10O3/c1-4-5(2)6(8)7(9)10-3/h4H,1-3H3. The van der Waals surface area contributed by atoms with Gasteiger partial charge in [0.2, 0.25) is 0 Å². The van der Waals surface area contributed by atoms with Crippen LogP contribution in [0.4, 0.5) is 0 Å². The predicted molar refractivity (Wildman–Crippen MR) is 36.5 cm³/mol. The van der Waals surface area contributed by atoms with Gasteiger partial charge in [0.05, 0.1) is 7.11 Å². The molecule has 0 aromatic heterocycles. The van der Waals surface area contributed by atoms with Crippen molar-refractivity contribution in [3.05, 3.63) is 11.6 Å². The third kappa shape index (κ3) is 2.01. The largest absolute Gasteiger partial charge is 0.463 e. The number of carbonyl (C=O) groups excluding carboxylic acids is 2. The minimum absolute atomic E-state index is 0.409. The highest BCUT2D eigenvalue weighted by atomic mass is 16.5. The molecule has 0 unspecified atom stereocenters. The molecule has 0 aliphatic rings. The van der Waals surface area contributed by atoms with E-state index in [1.807, 2.05) is 0 Å². The summed E-state index contributed by atoms with van der Waals surface area (Å²) in [4.78, 5) is 21.3. The maximum Gasteiger partial charge on any atom is 0.379 e. The van der Waals surface area contributed by atoms with Crippen LogP contribution in [0.15, 0.2) is 11.6 Å². The Labute approximate surface area is 59.7 Å². The lowest BCUT2D eigenvalue weighted by Gasteiger charge is -1.95.